The summed E-state index contributed by atoms with van der Waals surface area (Å²) < 4.78 is 5.68. The Morgan fingerprint density at radius 1 is 1.41 bits per heavy atom. The fraction of sp³-hybridized carbons (Fsp3) is 0.500. The molecule has 0 saturated carbocycles. The minimum atomic E-state index is 0.100. The van der Waals surface area contributed by atoms with Gasteiger partial charge in [0.15, 0.2) is 0 Å². The predicted molar refractivity (Wildman–Crippen MR) is 69.2 cm³/mol. The molecule has 2 aromatic heterocycles. The van der Waals surface area contributed by atoms with Gasteiger partial charge >= 0.3 is 0 Å². The lowest BCUT2D eigenvalue weighted by molar-refractivity contribution is 0.429. The van der Waals surface area contributed by atoms with Crippen molar-refractivity contribution in [3.05, 3.63) is 22.4 Å². The van der Waals surface area contributed by atoms with Crippen molar-refractivity contribution in [3.63, 3.8) is 0 Å². The molecule has 2 rings (SSSR count). The molecule has 2 heterocycles. The van der Waals surface area contributed by atoms with Crippen LogP contribution in [0.25, 0.3) is 10.8 Å². The molecule has 1 N–H and O–H groups in total. The molecule has 0 fully saturated rings. The van der Waals surface area contributed by atoms with Crippen molar-refractivity contribution in [1.82, 2.24) is 15.5 Å². The van der Waals surface area contributed by atoms with Gasteiger partial charge in [-0.3, -0.25) is 0 Å². The average Bonchev–Trinajstić information content (AvgIpc) is 2.87. The second-order valence-electron chi connectivity index (χ2n) is 4.07. The Bertz CT molecular complexity index is 484. The van der Waals surface area contributed by atoms with E-state index in [4.69, 9.17) is 4.42 Å². The Labute approximate surface area is 105 Å². The van der Waals surface area contributed by atoms with Crippen LogP contribution in [0.1, 0.15) is 36.2 Å². The Balaban J connectivity index is 2.23. The Kier molecular flexibility index (Phi) is 3.59. The van der Waals surface area contributed by atoms with Crippen LogP contribution in [0, 0.1) is 13.8 Å². The highest BCUT2D eigenvalue weighted by Crippen LogP contribution is 2.30. The maximum atomic E-state index is 5.68. The molecule has 17 heavy (non-hydrogen) atoms. The van der Waals surface area contributed by atoms with Gasteiger partial charge < -0.3 is 9.73 Å². The summed E-state index contributed by atoms with van der Waals surface area (Å²) in [6.07, 6.45) is 0. The molecule has 0 aliphatic heterocycles. The molecular weight excluding hydrogens is 234 g/mol. The maximum Gasteiger partial charge on any atom is 0.257 e. The second-order valence-corrected chi connectivity index (χ2v) is 5.33. The number of hydrogen-bond acceptors (Lipinski definition) is 5. The number of nitrogens with zero attached hydrogens (tertiary/aromatic N) is 2. The van der Waals surface area contributed by atoms with Gasteiger partial charge in [0.05, 0.1) is 10.9 Å². The molecule has 0 aliphatic carbocycles. The smallest absolute Gasteiger partial charge is 0.257 e. The van der Waals surface area contributed by atoms with E-state index >= 15 is 0 Å². The van der Waals surface area contributed by atoms with Gasteiger partial charge in [-0.1, -0.05) is 6.92 Å². The first-order valence-corrected chi connectivity index (χ1v) is 6.57. The summed E-state index contributed by atoms with van der Waals surface area (Å²) in [4.78, 5) is 2.34. The van der Waals surface area contributed by atoms with Crippen LogP contribution in [0.5, 0.6) is 0 Å². The monoisotopic (exact) mass is 251 g/mol. The van der Waals surface area contributed by atoms with Crippen molar-refractivity contribution in [3.8, 4) is 10.8 Å². The molecule has 0 spiro atoms. The first-order chi connectivity index (χ1) is 8.11. The summed E-state index contributed by atoms with van der Waals surface area (Å²) in [6.45, 7) is 9.15. The lowest BCUT2D eigenvalue weighted by Crippen LogP contribution is -2.17. The summed E-state index contributed by atoms with van der Waals surface area (Å²) in [6, 6.07) is 2.19. The fourth-order valence-electron chi connectivity index (χ4n) is 1.58. The summed E-state index contributed by atoms with van der Waals surface area (Å²) in [5, 5.41) is 11.4. The van der Waals surface area contributed by atoms with Crippen LogP contribution in [-0.2, 0) is 0 Å². The van der Waals surface area contributed by atoms with Crippen LogP contribution in [0.2, 0.25) is 0 Å². The van der Waals surface area contributed by atoms with Crippen LogP contribution >= 0.6 is 11.3 Å². The van der Waals surface area contributed by atoms with Crippen molar-refractivity contribution in [1.29, 1.82) is 0 Å². The highest BCUT2D eigenvalue weighted by molar-refractivity contribution is 7.15. The van der Waals surface area contributed by atoms with Gasteiger partial charge in [0, 0.05) is 4.88 Å². The normalized spacial score (nSPS) is 12.9. The van der Waals surface area contributed by atoms with Gasteiger partial charge in [0.2, 0.25) is 5.89 Å². The van der Waals surface area contributed by atoms with E-state index in [1.54, 1.807) is 11.3 Å². The van der Waals surface area contributed by atoms with Crippen molar-refractivity contribution in [2.45, 2.75) is 33.7 Å². The number of aromatic nitrogens is 2. The van der Waals surface area contributed by atoms with Gasteiger partial charge in [-0.05, 0) is 38.9 Å². The van der Waals surface area contributed by atoms with Gasteiger partial charge in [-0.2, -0.15) is 0 Å². The molecule has 2 aromatic rings. The predicted octanol–water partition coefficient (Wildman–Crippen LogP) is 3.09. The zero-order chi connectivity index (χ0) is 12.4. The zero-order valence-corrected chi connectivity index (χ0v) is 11.4. The molecule has 1 atom stereocenters. The number of hydrogen-bond donors (Lipinski definition) is 1. The van der Waals surface area contributed by atoms with E-state index in [1.165, 1.54) is 10.4 Å². The Hall–Kier alpha value is -1.20. The van der Waals surface area contributed by atoms with E-state index in [9.17, 15) is 0 Å². The van der Waals surface area contributed by atoms with Crippen molar-refractivity contribution in [2.75, 3.05) is 6.54 Å². The van der Waals surface area contributed by atoms with Gasteiger partial charge in [-0.15, -0.1) is 21.5 Å². The standard InChI is InChI=1S/C12H17N3OS/c1-5-13-8(3)11-14-15-12(16-11)10-6-7(2)9(4)17-10/h6,8,13H,5H2,1-4H3. The number of thiophene rings is 1. The van der Waals surface area contributed by atoms with Crippen LogP contribution < -0.4 is 5.32 Å². The number of rotatable bonds is 4. The van der Waals surface area contributed by atoms with Gasteiger partial charge in [0.25, 0.3) is 5.89 Å². The van der Waals surface area contributed by atoms with Crippen molar-refractivity contribution < 1.29 is 4.42 Å². The molecule has 0 saturated heterocycles. The molecule has 0 radical (unpaired) electrons. The van der Waals surface area contributed by atoms with Crippen LogP contribution in [0.3, 0.4) is 0 Å². The topological polar surface area (TPSA) is 51.0 Å². The first-order valence-electron chi connectivity index (χ1n) is 5.76. The highest BCUT2D eigenvalue weighted by atomic mass is 32.1. The van der Waals surface area contributed by atoms with Crippen molar-refractivity contribution in [2.24, 2.45) is 0 Å². The second kappa shape index (κ2) is 4.98. The quantitative estimate of drug-likeness (QED) is 0.907. The van der Waals surface area contributed by atoms with Crippen LogP contribution in [0.15, 0.2) is 10.5 Å². The van der Waals surface area contributed by atoms with E-state index in [-0.39, 0.29) is 6.04 Å². The third-order valence-electron chi connectivity index (χ3n) is 2.70. The molecular formula is C12H17N3OS. The van der Waals surface area contributed by atoms with Crippen molar-refractivity contribution >= 4 is 11.3 Å². The Morgan fingerprint density at radius 2 is 2.18 bits per heavy atom. The molecule has 0 aromatic carbocycles. The minimum absolute atomic E-state index is 0.100. The maximum absolute atomic E-state index is 5.68. The van der Waals surface area contributed by atoms with Crippen LogP contribution in [-0.4, -0.2) is 16.7 Å². The van der Waals surface area contributed by atoms with Crippen LogP contribution in [0.4, 0.5) is 0 Å². The SMILES string of the molecule is CCNC(C)c1nnc(-c2cc(C)c(C)s2)o1. The summed E-state index contributed by atoms with van der Waals surface area (Å²) in [5.41, 5.74) is 1.27. The summed E-state index contributed by atoms with van der Waals surface area (Å²) >= 11 is 1.69. The highest BCUT2D eigenvalue weighted by Gasteiger charge is 2.15. The largest absolute Gasteiger partial charge is 0.418 e. The third kappa shape index (κ3) is 2.56. The molecule has 1 unspecified atom stereocenters. The minimum Gasteiger partial charge on any atom is -0.418 e. The fourth-order valence-corrected chi connectivity index (χ4v) is 2.54. The lowest BCUT2D eigenvalue weighted by atomic mass is 10.3. The third-order valence-corrected chi connectivity index (χ3v) is 3.84. The molecule has 0 aliphatic rings. The molecule has 0 amide bonds. The van der Waals surface area contributed by atoms with E-state index in [0.717, 1.165) is 11.4 Å². The average molecular weight is 251 g/mol. The first kappa shape index (κ1) is 12.3. The van der Waals surface area contributed by atoms with E-state index in [0.29, 0.717) is 11.8 Å². The number of aryl methyl sites for hydroxylation is 2. The Morgan fingerprint density at radius 3 is 2.76 bits per heavy atom. The number of nitrogens with one attached hydrogen (secondary N) is 1. The molecule has 92 valence electrons. The molecule has 4 nitrogen and oxygen atoms in total. The lowest BCUT2D eigenvalue weighted by Gasteiger charge is -2.05. The summed E-state index contributed by atoms with van der Waals surface area (Å²) in [5.74, 6) is 1.26. The van der Waals surface area contributed by atoms with E-state index < -0.39 is 0 Å². The zero-order valence-electron chi connectivity index (χ0n) is 10.6. The van der Waals surface area contributed by atoms with Gasteiger partial charge in [-0.25, -0.2) is 0 Å². The molecule has 0 bridgehead atoms. The van der Waals surface area contributed by atoms with E-state index in [2.05, 4.69) is 42.4 Å². The van der Waals surface area contributed by atoms with E-state index in [1.807, 2.05) is 6.92 Å². The molecule has 5 heteroatoms. The summed E-state index contributed by atoms with van der Waals surface area (Å²) in [7, 11) is 0. The van der Waals surface area contributed by atoms with Gasteiger partial charge in [0.1, 0.15) is 0 Å².